The van der Waals surface area contributed by atoms with Gasteiger partial charge in [0, 0.05) is 17.7 Å². The van der Waals surface area contributed by atoms with Gasteiger partial charge in [0.2, 0.25) is 0 Å². The van der Waals surface area contributed by atoms with Crippen molar-refractivity contribution in [3.8, 4) is 17.3 Å². The standard InChI is InChI=1S/C21H27N3O3/c1-6-7-9-14(2)22-18-13-17(23-20(24-18)27-5)15-10-8-11-16(12-15)21(3,4)19(25)26/h6-8,10-14H,9H2,1-5H3,(H,25,26)(H,22,23,24)/b7-6+. The molecule has 27 heavy (non-hydrogen) atoms. The maximum Gasteiger partial charge on any atom is 0.318 e. The Kier molecular flexibility index (Phi) is 6.55. The molecule has 0 aliphatic carbocycles. The van der Waals surface area contributed by atoms with Gasteiger partial charge >= 0.3 is 12.0 Å². The molecular formula is C21H27N3O3. The van der Waals surface area contributed by atoms with Crippen molar-refractivity contribution in [2.45, 2.75) is 45.6 Å². The Labute approximate surface area is 160 Å². The number of hydrogen-bond acceptors (Lipinski definition) is 5. The first-order valence-corrected chi connectivity index (χ1v) is 8.93. The summed E-state index contributed by atoms with van der Waals surface area (Å²) in [5.41, 5.74) is 1.20. The molecule has 0 spiro atoms. The second-order valence-electron chi connectivity index (χ2n) is 6.99. The second kappa shape index (κ2) is 8.66. The number of allylic oxidation sites excluding steroid dienone is 1. The highest BCUT2D eigenvalue weighted by atomic mass is 16.5. The molecule has 0 saturated heterocycles. The van der Waals surface area contributed by atoms with E-state index in [1.165, 1.54) is 7.11 Å². The van der Waals surface area contributed by atoms with Crippen LogP contribution in [0.4, 0.5) is 5.82 Å². The molecular weight excluding hydrogens is 342 g/mol. The zero-order valence-corrected chi connectivity index (χ0v) is 16.5. The summed E-state index contributed by atoms with van der Waals surface area (Å²) in [7, 11) is 1.52. The van der Waals surface area contributed by atoms with Crippen molar-refractivity contribution in [2.75, 3.05) is 12.4 Å². The van der Waals surface area contributed by atoms with Crippen molar-refractivity contribution >= 4 is 11.8 Å². The molecule has 2 rings (SSSR count). The zero-order valence-electron chi connectivity index (χ0n) is 16.5. The van der Waals surface area contributed by atoms with E-state index < -0.39 is 11.4 Å². The van der Waals surface area contributed by atoms with Gasteiger partial charge in [-0.15, -0.1) is 0 Å². The Hall–Kier alpha value is -2.89. The number of benzene rings is 1. The van der Waals surface area contributed by atoms with Crippen molar-refractivity contribution in [1.82, 2.24) is 9.97 Å². The van der Waals surface area contributed by atoms with Gasteiger partial charge in [-0.3, -0.25) is 4.79 Å². The molecule has 1 unspecified atom stereocenters. The lowest BCUT2D eigenvalue weighted by molar-refractivity contribution is -0.142. The summed E-state index contributed by atoms with van der Waals surface area (Å²) in [6.07, 6.45) is 4.98. The number of nitrogens with zero attached hydrogens (tertiary/aromatic N) is 2. The van der Waals surface area contributed by atoms with Gasteiger partial charge in [0.25, 0.3) is 0 Å². The predicted octanol–water partition coefficient (Wildman–Crippen LogP) is 4.28. The smallest absolute Gasteiger partial charge is 0.318 e. The third kappa shape index (κ3) is 5.06. The topological polar surface area (TPSA) is 84.3 Å². The Morgan fingerprint density at radius 3 is 2.70 bits per heavy atom. The van der Waals surface area contributed by atoms with Gasteiger partial charge in [0.05, 0.1) is 18.2 Å². The van der Waals surface area contributed by atoms with E-state index in [0.29, 0.717) is 17.1 Å². The average Bonchev–Trinajstić information content (AvgIpc) is 2.66. The molecule has 1 heterocycles. The Bertz CT molecular complexity index is 831. The Morgan fingerprint density at radius 1 is 1.33 bits per heavy atom. The number of rotatable bonds is 8. The summed E-state index contributed by atoms with van der Waals surface area (Å²) < 4.78 is 5.25. The maximum absolute atomic E-state index is 11.6. The highest BCUT2D eigenvalue weighted by Gasteiger charge is 2.29. The van der Waals surface area contributed by atoms with Crippen molar-refractivity contribution in [2.24, 2.45) is 0 Å². The van der Waals surface area contributed by atoms with Gasteiger partial charge < -0.3 is 15.2 Å². The number of nitrogens with one attached hydrogen (secondary N) is 1. The van der Waals surface area contributed by atoms with E-state index in [4.69, 9.17) is 4.74 Å². The van der Waals surface area contributed by atoms with Crippen LogP contribution in [0.2, 0.25) is 0 Å². The Balaban J connectivity index is 2.40. The third-order valence-electron chi connectivity index (χ3n) is 4.42. The molecule has 0 fully saturated rings. The van der Waals surface area contributed by atoms with Crippen LogP contribution in [-0.4, -0.2) is 34.2 Å². The number of ether oxygens (including phenoxy) is 1. The lowest BCUT2D eigenvalue weighted by Gasteiger charge is -2.20. The lowest BCUT2D eigenvalue weighted by atomic mass is 9.84. The molecule has 0 radical (unpaired) electrons. The van der Waals surface area contributed by atoms with Crippen LogP contribution in [0.1, 0.15) is 39.7 Å². The number of anilines is 1. The van der Waals surface area contributed by atoms with E-state index in [1.807, 2.05) is 43.3 Å². The highest BCUT2D eigenvalue weighted by Crippen LogP contribution is 2.29. The van der Waals surface area contributed by atoms with E-state index >= 15 is 0 Å². The summed E-state index contributed by atoms with van der Waals surface area (Å²) in [6, 6.07) is 9.71. The number of carboxylic acid groups (broad SMARTS) is 1. The fourth-order valence-electron chi connectivity index (χ4n) is 2.58. The van der Waals surface area contributed by atoms with Gasteiger partial charge in [0.1, 0.15) is 5.82 Å². The fraction of sp³-hybridized carbons (Fsp3) is 0.381. The molecule has 1 aromatic carbocycles. The molecule has 0 aliphatic heterocycles. The summed E-state index contributed by atoms with van der Waals surface area (Å²) in [4.78, 5) is 20.4. The molecule has 144 valence electrons. The number of carbonyl (C=O) groups is 1. The first kappa shape index (κ1) is 20.4. The number of methoxy groups -OCH3 is 1. The average molecular weight is 369 g/mol. The summed E-state index contributed by atoms with van der Waals surface area (Å²) >= 11 is 0. The first-order valence-electron chi connectivity index (χ1n) is 8.93. The van der Waals surface area contributed by atoms with E-state index in [0.717, 1.165) is 12.0 Å². The number of aliphatic carboxylic acids is 1. The first-order chi connectivity index (χ1) is 12.8. The van der Waals surface area contributed by atoms with Gasteiger partial charge in [-0.1, -0.05) is 30.4 Å². The summed E-state index contributed by atoms with van der Waals surface area (Å²) in [5.74, 6) is -0.211. The number of aromatic nitrogens is 2. The molecule has 0 bridgehead atoms. The zero-order chi connectivity index (χ0) is 20.0. The Morgan fingerprint density at radius 2 is 2.07 bits per heavy atom. The molecule has 0 saturated carbocycles. The molecule has 6 heteroatoms. The molecule has 0 aliphatic rings. The highest BCUT2D eigenvalue weighted by molar-refractivity contribution is 5.81. The van der Waals surface area contributed by atoms with Crippen LogP contribution in [0.25, 0.3) is 11.3 Å². The minimum absolute atomic E-state index is 0.200. The van der Waals surface area contributed by atoms with E-state index in [1.54, 1.807) is 13.8 Å². The minimum Gasteiger partial charge on any atom is -0.481 e. The van der Waals surface area contributed by atoms with Gasteiger partial charge in [-0.05, 0) is 45.7 Å². The quantitative estimate of drug-likeness (QED) is 0.676. The van der Waals surface area contributed by atoms with Crippen molar-refractivity contribution < 1.29 is 14.6 Å². The molecule has 2 aromatic rings. The van der Waals surface area contributed by atoms with Crippen LogP contribution in [0.3, 0.4) is 0 Å². The number of carboxylic acids is 1. The summed E-state index contributed by atoms with van der Waals surface area (Å²) in [5, 5.41) is 12.8. The van der Waals surface area contributed by atoms with Crippen LogP contribution >= 0.6 is 0 Å². The second-order valence-corrected chi connectivity index (χ2v) is 6.99. The minimum atomic E-state index is -0.991. The lowest BCUT2D eigenvalue weighted by Crippen LogP contribution is -2.28. The van der Waals surface area contributed by atoms with Crippen LogP contribution in [-0.2, 0) is 10.2 Å². The summed E-state index contributed by atoms with van der Waals surface area (Å²) in [6.45, 7) is 7.43. The largest absolute Gasteiger partial charge is 0.481 e. The fourth-order valence-corrected chi connectivity index (χ4v) is 2.58. The normalized spacial score (nSPS) is 12.8. The van der Waals surface area contributed by atoms with E-state index in [9.17, 15) is 9.90 Å². The van der Waals surface area contributed by atoms with Gasteiger partial charge in [-0.2, -0.15) is 9.97 Å². The van der Waals surface area contributed by atoms with Crippen molar-refractivity contribution in [1.29, 1.82) is 0 Å². The molecule has 1 atom stereocenters. The number of hydrogen-bond donors (Lipinski definition) is 2. The van der Waals surface area contributed by atoms with Gasteiger partial charge in [0.15, 0.2) is 0 Å². The van der Waals surface area contributed by atoms with Crippen LogP contribution in [0.15, 0.2) is 42.5 Å². The third-order valence-corrected chi connectivity index (χ3v) is 4.42. The SMILES string of the molecule is C/C=C/CC(C)Nc1cc(-c2cccc(C(C)(C)C(=O)O)c2)nc(OC)n1. The molecule has 1 aromatic heterocycles. The van der Waals surface area contributed by atoms with Crippen molar-refractivity contribution in [3.05, 3.63) is 48.0 Å². The van der Waals surface area contributed by atoms with Crippen LogP contribution in [0, 0.1) is 0 Å². The van der Waals surface area contributed by atoms with Gasteiger partial charge in [-0.25, -0.2) is 0 Å². The molecule has 2 N–H and O–H groups in total. The maximum atomic E-state index is 11.6. The van der Waals surface area contributed by atoms with Crippen LogP contribution in [0.5, 0.6) is 6.01 Å². The molecule has 6 nitrogen and oxygen atoms in total. The van der Waals surface area contributed by atoms with Crippen molar-refractivity contribution in [3.63, 3.8) is 0 Å². The van der Waals surface area contributed by atoms with E-state index in [-0.39, 0.29) is 12.1 Å². The molecule has 0 amide bonds. The predicted molar refractivity (Wildman–Crippen MR) is 107 cm³/mol. The van der Waals surface area contributed by atoms with Crippen LogP contribution < -0.4 is 10.1 Å². The van der Waals surface area contributed by atoms with E-state index in [2.05, 4.69) is 28.3 Å². The monoisotopic (exact) mass is 369 g/mol.